The molecule has 0 saturated carbocycles. The Bertz CT molecular complexity index is 1580. The zero-order valence-electron chi connectivity index (χ0n) is 19.3. The van der Waals surface area contributed by atoms with Crippen LogP contribution in [0.15, 0.2) is 57.7 Å². The molecule has 9 heteroatoms. The van der Waals surface area contributed by atoms with Crippen molar-refractivity contribution in [2.45, 2.75) is 32.3 Å². The zero-order chi connectivity index (χ0) is 25.7. The maximum Gasteiger partial charge on any atom is 0.312 e. The van der Waals surface area contributed by atoms with Crippen LogP contribution < -0.4 is 14.9 Å². The second-order valence-electron chi connectivity index (χ2n) is 8.76. The topological polar surface area (TPSA) is 147 Å². The summed E-state index contributed by atoms with van der Waals surface area (Å²) >= 11 is 0. The van der Waals surface area contributed by atoms with E-state index in [0.29, 0.717) is 16.9 Å². The van der Waals surface area contributed by atoms with Crippen LogP contribution in [0.2, 0.25) is 0 Å². The van der Waals surface area contributed by atoms with Crippen LogP contribution in [0.3, 0.4) is 0 Å². The van der Waals surface area contributed by atoms with Crippen molar-refractivity contribution in [1.29, 1.82) is 0 Å². The molecule has 1 atom stereocenters. The number of hydrogen-bond acceptors (Lipinski definition) is 9. The van der Waals surface area contributed by atoms with Gasteiger partial charge in [-0.25, -0.2) is 0 Å². The molecule has 2 heterocycles. The van der Waals surface area contributed by atoms with E-state index in [-0.39, 0.29) is 40.6 Å². The Balaban J connectivity index is 1.84. The van der Waals surface area contributed by atoms with E-state index >= 15 is 0 Å². The second kappa shape index (κ2) is 8.53. The van der Waals surface area contributed by atoms with Crippen molar-refractivity contribution >= 4 is 16.9 Å². The number of aromatic hydroxyl groups is 4. The van der Waals surface area contributed by atoms with Gasteiger partial charge in [0.15, 0.2) is 17.3 Å². The SMILES string of the molecule is CC(C)Oc1ccccc1[C@H]1CC(=O)Oc2cc(O)c3c(=O)c(O)c(-c4ccc(O)c(O)c4)oc3c21. The number of phenols is 3. The van der Waals surface area contributed by atoms with E-state index in [1.807, 2.05) is 13.8 Å². The predicted octanol–water partition coefficient (Wildman–Crippen LogP) is 4.51. The monoisotopic (exact) mass is 490 g/mol. The number of para-hydroxylation sites is 1. The highest BCUT2D eigenvalue weighted by atomic mass is 16.5. The third-order valence-corrected chi connectivity index (χ3v) is 5.96. The van der Waals surface area contributed by atoms with Gasteiger partial charge in [-0.05, 0) is 38.1 Å². The summed E-state index contributed by atoms with van der Waals surface area (Å²) in [6.07, 6.45) is -0.244. The molecule has 1 aliphatic rings. The summed E-state index contributed by atoms with van der Waals surface area (Å²) in [6, 6.07) is 11.9. The molecule has 36 heavy (non-hydrogen) atoms. The fourth-order valence-electron chi connectivity index (χ4n) is 4.44. The highest BCUT2D eigenvalue weighted by Crippen LogP contribution is 2.48. The molecular weight excluding hydrogens is 468 g/mol. The minimum atomic E-state index is -0.915. The number of esters is 1. The van der Waals surface area contributed by atoms with Gasteiger partial charge in [0.2, 0.25) is 11.2 Å². The van der Waals surface area contributed by atoms with Crippen molar-refractivity contribution in [2.75, 3.05) is 0 Å². The van der Waals surface area contributed by atoms with Crippen LogP contribution in [0.5, 0.6) is 34.5 Å². The van der Waals surface area contributed by atoms with Crippen molar-refractivity contribution in [1.82, 2.24) is 0 Å². The van der Waals surface area contributed by atoms with Gasteiger partial charge in [-0.15, -0.1) is 0 Å². The first-order valence-electron chi connectivity index (χ1n) is 11.2. The largest absolute Gasteiger partial charge is 0.507 e. The summed E-state index contributed by atoms with van der Waals surface area (Å²) in [4.78, 5) is 25.7. The van der Waals surface area contributed by atoms with Gasteiger partial charge in [0.05, 0.1) is 12.5 Å². The molecule has 3 aromatic carbocycles. The van der Waals surface area contributed by atoms with E-state index in [1.165, 1.54) is 12.1 Å². The molecular formula is C27H22O9. The van der Waals surface area contributed by atoms with E-state index in [9.17, 15) is 30.0 Å². The lowest BCUT2D eigenvalue weighted by Gasteiger charge is -2.27. The number of fused-ring (bicyclic) bond motifs is 3. The van der Waals surface area contributed by atoms with Crippen LogP contribution in [-0.2, 0) is 4.79 Å². The van der Waals surface area contributed by atoms with Crippen LogP contribution in [0.1, 0.15) is 37.3 Å². The highest BCUT2D eigenvalue weighted by Gasteiger charge is 2.36. The molecule has 184 valence electrons. The van der Waals surface area contributed by atoms with Crippen molar-refractivity contribution in [2.24, 2.45) is 0 Å². The predicted molar refractivity (Wildman–Crippen MR) is 129 cm³/mol. The van der Waals surface area contributed by atoms with Gasteiger partial charge in [-0.1, -0.05) is 18.2 Å². The highest BCUT2D eigenvalue weighted by molar-refractivity contribution is 5.94. The molecule has 0 aliphatic carbocycles. The number of ether oxygens (including phenoxy) is 2. The van der Waals surface area contributed by atoms with Gasteiger partial charge in [-0.3, -0.25) is 9.59 Å². The Morgan fingerprint density at radius 1 is 0.944 bits per heavy atom. The lowest BCUT2D eigenvalue weighted by Crippen LogP contribution is -2.23. The smallest absolute Gasteiger partial charge is 0.312 e. The normalized spacial score (nSPS) is 15.1. The molecule has 0 amide bonds. The number of hydrogen-bond donors (Lipinski definition) is 4. The fraction of sp³-hybridized carbons (Fsp3) is 0.185. The Morgan fingerprint density at radius 3 is 2.42 bits per heavy atom. The summed E-state index contributed by atoms with van der Waals surface area (Å²) in [6.45, 7) is 3.74. The maximum absolute atomic E-state index is 13.2. The number of benzene rings is 3. The molecule has 0 saturated heterocycles. The molecule has 4 N–H and O–H groups in total. The van der Waals surface area contributed by atoms with E-state index < -0.39 is 40.3 Å². The standard InChI is InChI=1S/C27H22O9/c1-12(2)34-19-6-4-3-5-14(19)15-10-21(31)35-20-11-18(30)23-24(32)25(33)26(36-27(23)22(15)20)13-7-8-16(28)17(29)9-13/h3-9,11-12,15,28-30,33H,10H2,1-2H3/t15-/m1/s1. The number of carbonyl (C=O) groups is 1. The van der Waals surface area contributed by atoms with Gasteiger partial charge in [0, 0.05) is 28.7 Å². The first-order valence-corrected chi connectivity index (χ1v) is 11.2. The van der Waals surface area contributed by atoms with Crippen LogP contribution in [0, 0.1) is 0 Å². The quantitative estimate of drug-likeness (QED) is 0.184. The number of rotatable bonds is 4. The molecule has 0 radical (unpaired) electrons. The van der Waals surface area contributed by atoms with Gasteiger partial charge < -0.3 is 34.3 Å². The lowest BCUT2D eigenvalue weighted by atomic mass is 9.84. The summed E-state index contributed by atoms with van der Waals surface area (Å²) in [5, 5.41) is 40.6. The molecule has 0 unspecified atom stereocenters. The van der Waals surface area contributed by atoms with Crippen LogP contribution in [-0.4, -0.2) is 32.5 Å². The third-order valence-electron chi connectivity index (χ3n) is 5.96. The van der Waals surface area contributed by atoms with Gasteiger partial charge in [-0.2, -0.15) is 0 Å². The van der Waals surface area contributed by atoms with Crippen LogP contribution in [0.25, 0.3) is 22.3 Å². The van der Waals surface area contributed by atoms with Crippen molar-refractivity contribution < 1.29 is 39.1 Å². The lowest BCUT2D eigenvalue weighted by molar-refractivity contribution is -0.135. The van der Waals surface area contributed by atoms with E-state index in [1.54, 1.807) is 24.3 Å². The van der Waals surface area contributed by atoms with Gasteiger partial charge >= 0.3 is 5.97 Å². The first-order chi connectivity index (χ1) is 17.2. The van der Waals surface area contributed by atoms with Crippen LogP contribution >= 0.6 is 0 Å². The molecule has 9 nitrogen and oxygen atoms in total. The molecule has 1 aliphatic heterocycles. The number of carbonyl (C=O) groups excluding carboxylic acids is 1. The first kappa shape index (κ1) is 23.1. The Hall–Kier alpha value is -4.66. The summed E-state index contributed by atoms with van der Waals surface area (Å²) in [7, 11) is 0. The van der Waals surface area contributed by atoms with Gasteiger partial charge in [0.25, 0.3) is 0 Å². The van der Waals surface area contributed by atoms with Crippen LogP contribution in [0.4, 0.5) is 0 Å². The molecule has 1 aromatic heterocycles. The summed E-state index contributed by atoms with van der Waals surface area (Å²) < 4.78 is 17.4. The minimum Gasteiger partial charge on any atom is -0.507 e. The van der Waals surface area contributed by atoms with Crippen molar-refractivity contribution in [3.8, 4) is 45.8 Å². The van der Waals surface area contributed by atoms with E-state index in [4.69, 9.17) is 13.9 Å². The van der Waals surface area contributed by atoms with Crippen molar-refractivity contribution in [3.63, 3.8) is 0 Å². The zero-order valence-corrected chi connectivity index (χ0v) is 19.3. The maximum atomic E-state index is 13.2. The minimum absolute atomic E-state index is 0.00828. The second-order valence-corrected chi connectivity index (χ2v) is 8.76. The van der Waals surface area contributed by atoms with E-state index in [2.05, 4.69) is 0 Å². The average Bonchev–Trinajstić information content (AvgIpc) is 2.82. The molecule has 0 bridgehead atoms. The molecule has 0 fully saturated rings. The van der Waals surface area contributed by atoms with E-state index in [0.717, 1.165) is 12.1 Å². The number of phenolic OH excluding ortho intramolecular Hbond substituents is 3. The Labute approximate surface area is 204 Å². The Kier molecular flexibility index (Phi) is 5.47. The average molecular weight is 490 g/mol. The summed E-state index contributed by atoms with van der Waals surface area (Å²) in [5.41, 5.74) is 0.0691. The molecule has 0 spiro atoms. The summed E-state index contributed by atoms with van der Waals surface area (Å²) in [5.74, 6) is -3.17. The fourth-order valence-corrected chi connectivity index (χ4v) is 4.44. The van der Waals surface area contributed by atoms with Gasteiger partial charge in [0.1, 0.15) is 28.2 Å². The van der Waals surface area contributed by atoms with Crippen molar-refractivity contribution in [3.05, 3.63) is 69.9 Å². The Morgan fingerprint density at radius 2 is 1.69 bits per heavy atom. The molecule has 5 rings (SSSR count). The third kappa shape index (κ3) is 3.74. The molecule has 4 aromatic rings.